The first-order chi connectivity index (χ1) is 10.2. The highest BCUT2D eigenvalue weighted by atomic mass is 16.5. The Morgan fingerprint density at radius 2 is 1.52 bits per heavy atom. The van der Waals surface area contributed by atoms with Crippen molar-refractivity contribution >= 4 is 11.6 Å². The molecule has 0 fully saturated rings. The van der Waals surface area contributed by atoms with Crippen LogP contribution in [0.5, 0.6) is 0 Å². The van der Waals surface area contributed by atoms with Gasteiger partial charge in [-0.2, -0.15) is 0 Å². The number of benzene rings is 1. The van der Waals surface area contributed by atoms with Crippen LogP contribution in [-0.4, -0.2) is 57.0 Å². The lowest BCUT2D eigenvalue weighted by Gasteiger charge is -2.28. The summed E-state index contributed by atoms with van der Waals surface area (Å²) in [7, 11) is 3.21. The van der Waals surface area contributed by atoms with Gasteiger partial charge in [0.2, 0.25) is 5.78 Å². The van der Waals surface area contributed by atoms with Crippen LogP contribution >= 0.6 is 0 Å². The van der Waals surface area contributed by atoms with Crippen molar-refractivity contribution in [2.75, 3.05) is 40.5 Å². The molecule has 0 atom stereocenters. The van der Waals surface area contributed by atoms with Gasteiger partial charge in [0.15, 0.2) is 5.78 Å². The van der Waals surface area contributed by atoms with E-state index in [1.165, 1.54) is 6.08 Å². The summed E-state index contributed by atoms with van der Waals surface area (Å²) in [6.45, 7) is 2.02. The summed E-state index contributed by atoms with van der Waals surface area (Å²) in [5, 5.41) is 0. The number of ether oxygens (including phenoxy) is 2. The van der Waals surface area contributed by atoms with Gasteiger partial charge in [-0.3, -0.25) is 9.59 Å². The average Bonchev–Trinajstić information content (AvgIpc) is 2.51. The Hall–Kier alpha value is -1.98. The Kier molecular flexibility index (Phi) is 5.25. The minimum absolute atomic E-state index is 0.127. The Balaban J connectivity index is 2.28. The minimum Gasteiger partial charge on any atom is -0.383 e. The third kappa shape index (κ3) is 3.37. The van der Waals surface area contributed by atoms with Crippen molar-refractivity contribution in [2.45, 2.75) is 0 Å². The molecule has 1 aliphatic rings. The van der Waals surface area contributed by atoms with Gasteiger partial charge in [-0.1, -0.05) is 24.3 Å². The van der Waals surface area contributed by atoms with E-state index in [9.17, 15) is 9.59 Å². The van der Waals surface area contributed by atoms with Crippen LogP contribution in [-0.2, 0) is 9.47 Å². The lowest BCUT2D eigenvalue weighted by atomic mass is 9.92. The van der Waals surface area contributed by atoms with Crippen molar-refractivity contribution in [3.8, 4) is 0 Å². The van der Waals surface area contributed by atoms with Crippen LogP contribution in [0.15, 0.2) is 36.0 Å². The number of Topliss-reactive ketones (excluding diaryl/α,β-unsaturated/α-hetero) is 1. The molecule has 0 N–H and O–H groups in total. The van der Waals surface area contributed by atoms with E-state index in [0.29, 0.717) is 43.1 Å². The van der Waals surface area contributed by atoms with Gasteiger partial charge in [-0.15, -0.1) is 0 Å². The highest BCUT2D eigenvalue weighted by Gasteiger charge is 2.28. The SMILES string of the molecule is COCCN(CCOC)C1=CC(=O)c2ccccc2C1=O. The van der Waals surface area contributed by atoms with Crippen molar-refractivity contribution in [3.05, 3.63) is 47.2 Å². The van der Waals surface area contributed by atoms with E-state index >= 15 is 0 Å². The molecule has 0 radical (unpaired) electrons. The van der Waals surface area contributed by atoms with Crippen molar-refractivity contribution < 1.29 is 19.1 Å². The predicted molar refractivity (Wildman–Crippen MR) is 78.5 cm³/mol. The number of rotatable bonds is 7. The normalized spacial score (nSPS) is 13.9. The molecule has 0 saturated carbocycles. The number of ketones is 2. The fourth-order valence-electron chi connectivity index (χ4n) is 2.29. The summed E-state index contributed by atoms with van der Waals surface area (Å²) in [5.74, 6) is -0.266. The van der Waals surface area contributed by atoms with Gasteiger partial charge >= 0.3 is 0 Å². The zero-order chi connectivity index (χ0) is 15.2. The minimum atomic E-state index is -0.139. The summed E-state index contributed by atoms with van der Waals surface area (Å²) < 4.78 is 10.1. The molecule has 0 amide bonds. The van der Waals surface area contributed by atoms with Gasteiger partial charge in [-0.25, -0.2) is 0 Å². The average molecular weight is 289 g/mol. The van der Waals surface area contributed by atoms with E-state index in [4.69, 9.17) is 9.47 Å². The molecule has 21 heavy (non-hydrogen) atoms. The number of hydrogen-bond acceptors (Lipinski definition) is 5. The molecule has 0 aliphatic heterocycles. The molecule has 1 aromatic rings. The number of methoxy groups -OCH3 is 2. The fourth-order valence-corrected chi connectivity index (χ4v) is 2.29. The van der Waals surface area contributed by atoms with Crippen LogP contribution in [0.2, 0.25) is 0 Å². The first kappa shape index (κ1) is 15.4. The van der Waals surface area contributed by atoms with Crippen molar-refractivity contribution in [1.29, 1.82) is 0 Å². The molecule has 112 valence electrons. The molecule has 2 rings (SSSR count). The molecule has 1 aliphatic carbocycles. The second-order valence-corrected chi connectivity index (χ2v) is 4.74. The summed E-state index contributed by atoms with van der Waals surface area (Å²) in [4.78, 5) is 26.6. The summed E-state index contributed by atoms with van der Waals surface area (Å²) in [6, 6.07) is 6.89. The summed E-state index contributed by atoms with van der Waals surface area (Å²) >= 11 is 0. The molecular weight excluding hydrogens is 270 g/mol. The quantitative estimate of drug-likeness (QED) is 0.762. The highest BCUT2D eigenvalue weighted by molar-refractivity contribution is 6.24. The second kappa shape index (κ2) is 7.15. The molecule has 0 bridgehead atoms. The highest BCUT2D eigenvalue weighted by Crippen LogP contribution is 2.23. The Labute approximate surface area is 124 Å². The molecule has 5 nitrogen and oxygen atoms in total. The van der Waals surface area contributed by atoms with E-state index in [0.717, 1.165) is 0 Å². The summed E-state index contributed by atoms with van der Waals surface area (Å²) in [6.07, 6.45) is 1.41. The monoisotopic (exact) mass is 289 g/mol. The van der Waals surface area contributed by atoms with Crippen LogP contribution in [0, 0.1) is 0 Å². The molecular formula is C16H19NO4. The third-order valence-electron chi connectivity index (χ3n) is 3.41. The number of hydrogen-bond donors (Lipinski definition) is 0. The number of fused-ring (bicyclic) bond motifs is 1. The second-order valence-electron chi connectivity index (χ2n) is 4.74. The number of nitrogens with zero attached hydrogens (tertiary/aromatic N) is 1. The molecule has 0 saturated heterocycles. The number of allylic oxidation sites excluding steroid dienone is 2. The largest absolute Gasteiger partial charge is 0.383 e. The van der Waals surface area contributed by atoms with Gasteiger partial charge < -0.3 is 14.4 Å². The van der Waals surface area contributed by atoms with E-state index in [2.05, 4.69) is 0 Å². The van der Waals surface area contributed by atoms with E-state index in [1.54, 1.807) is 38.5 Å². The topological polar surface area (TPSA) is 55.8 Å². The van der Waals surface area contributed by atoms with Crippen molar-refractivity contribution in [2.24, 2.45) is 0 Å². The molecule has 1 aromatic carbocycles. The van der Waals surface area contributed by atoms with Crippen LogP contribution in [0.25, 0.3) is 0 Å². The Bertz CT molecular complexity index is 557. The maximum atomic E-state index is 12.6. The fraction of sp³-hybridized carbons (Fsp3) is 0.375. The predicted octanol–water partition coefficient (Wildman–Crippen LogP) is 1.54. The van der Waals surface area contributed by atoms with Crippen LogP contribution in [0.4, 0.5) is 0 Å². The van der Waals surface area contributed by atoms with E-state index in [1.807, 2.05) is 4.90 Å². The van der Waals surface area contributed by atoms with Crippen LogP contribution < -0.4 is 0 Å². The Morgan fingerprint density at radius 1 is 0.952 bits per heavy atom. The van der Waals surface area contributed by atoms with Crippen LogP contribution in [0.3, 0.4) is 0 Å². The molecule has 0 spiro atoms. The van der Waals surface area contributed by atoms with Gasteiger partial charge in [0.25, 0.3) is 0 Å². The van der Waals surface area contributed by atoms with Gasteiger partial charge in [0.05, 0.1) is 18.9 Å². The molecule has 0 heterocycles. The molecule has 0 aromatic heterocycles. The van der Waals surface area contributed by atoms with Gasteiger partial charge in [0, 0.05) is 44.5 Å². The maximum absolute atomic E-state index is 12.6. The zero-order valence-corrected chi connectivity index (χ0v) is 12.3. The first-order valence-corrected chi connectivity index (χ1v) is 6.81. The molecule has 5 heteroatoms. The first-order valence-electron chi connectivity index (χ1n) is 6.81. The summed E-state index contributed by atoms with van der Waals surface area (Å²) in [5.41, 5.74) is 1.33. The maximum Gasteiger partial charge on any atom is 0.209 e. The number of carbonyl (C=O) groups excluding carboxylic acids is 2. The zero-order valence-electron chi connectivity index (χ0n) is 12.3. The van der Waals surface area contributed by atoms with Crippen LogP contribution in [0.1, 0.15) is 20.7 Å². The standard InChI is InChI=1S/C16H19NO4/c1-20-9-7-17(8-10-21-2)14-11-15(18)12-5-3-4-6-13(12)16(14)19/h3-6,11H,7-10H2,1-2H3. The lowest BCUT2D eigenvalue weighted by molar-refractivity contribution is 0.0905. The lowest BCUT2D eigenvalue weighted by Crippen LogP contribution is -2.36. The van der Waals surface area contributed by atoms with Crippen molar-refractivity contribution in [3.63, 3.8) is 0 Å². The number of carbonyl (C=O) groups is 2. The Morgan fingerprint density at radius 3 is 2.10 bits per heavy atom. The third-order valence-corrected chi connectivity index (χ3v) is 3.41. The van der Waals surface area contributed by atoms with Crippen molar-refractivity contribution in [1.82, 2.24) is 4.90 Å². The van der Waals surface area contributed by atoms with E-state index < -0.39 is 0 Å². The smallest absolute Gasteiger partial charge is 0.209 e. The van der Waals surface area contributed by atoms with E-state index in [-0.39, 0.29) is 11.6 Å². The van der Waals surface area contributed by atoms with Gasteiger partial charge in [-0.05, 0) is 0 Å². The van der Waals surface area contributed by atoms with Gasteiger partial charge in [0.1, 0.15) is 0 Å². The molecule has 0 unspecified atom stereocenters.